The number of carbonyl (C=O) groups is 1. The van der Waals surface area contributed by atoms with Crippen LogP contribution in [0.4, 0.5) is 5.69 Å². The Morgan fingerprint density at radius 2 is 1.82 bits per heavy atom. The first-order chi connectivity index (χ1) is 7.99. The van der Waals surface area contributed by atoms with Crippen molar-refractivity contribution in [3.8, 4) is 0 Å². The van der Waals surface area contributed by atoms with Crippen molar-refractivity contribution in [2.45, 2.75) is 34.1 Å². The summed E-state index contributed by atoms with van der Waals surface area (Å²) in [4.78, 5) is 11.9. The zero-order valence-corrected chi connectivity index (χ0v) is 11.1. The molecule has 0 heterocycles. The first-order valence-electron chi connectivity index (χ1n) is 6.08. The van der Waals surface area contributed by atoms with Gasteiger partial charge >= 0.3 is 0 Å². The number of rotatable bonds is 4. The molecule has 1 aromatic rings. The van der Waals surface area contributed by atoms with Gasteiger partial charge in [0, 0.05) is 12.2 Å². The van der Waals surface area contributed by atoms with E-state index in [-0.39, 0.29) is 11.8 Å². The number of hydrogen-bond donors (Lipinski definition) is 2. The van der Waals surface area contributed by atoms with E-state index in [1.54, 1.807) is 0 Å². The third kappa shape index (κ3) is 3.30. The maximum absolute atomic E-state index is 11.9. The van der Waals surface area contributed by atoms with Crippen LogP contribution in [0.5, 0.6) is 0 Å². The zero-order chi connectivity index (χ0) is 13.0. The summed E-state index contributed by atoms with van der Waals surface area (Å²) in [5.41, 5.74) is 9.98. The fourth-order valence-electron chi connectivity index (χ4n) is 1.79. The van der Waals surface area contributed by atoms with Gasteiger partial charge in [0.2, 0.25) is 5.91 Å². The minimum absolute atomic E-state index is 0.0151. The van der Waals surface area contributed by atoms with E-state index in [0.717, 1.165) is 17.7 Å². The average Bonchev–Trinajstić information content (AvgIpc) is 2.27. The molecule has 0 bridgehead atoms. The summed E-state index contributed by atoms with van der Waals surface area (Å²) in [6.07, 6.45) is 0.770. The molecule has 17 heavy (non-hydrogen) atoms. The van der Waals surface area contributed by atoms with Crippen molar-refractivity contribution in [3.63, 3.8) is 0 Å². The Hall–Kier alpha value is -1.35. The van der Waals surface area contributed by atoms with Crippen LogP contribution in [0, 0.1) is 26.7 Å². The number of hydrogen-bond acceptors (Lipinski definition) is 2. The maximum Gasteiger partial charge on any atom is 0.228 e. The number of benzene rings is 1. The largest absolute Gasteiger partial charge is 0.330 e. The molecule has 0 spiro atoms. The van der Waals surface area contributed by atoms with E-state index in [0.29, 0.717) is 6.54 Å². The zero-order valence-electron chi connectivity index (χ0n) is 11.1. The van der Waals surface area contributed by atoms with Gasteiger partial charge in [-0.25, -0.2) is 0 Å². The molecule has 1 unspecified atom stereocenters. The van der Waals surface area contributed by atoms with Crippen LogP contribution in [0.25, 0.3) is 0 Å². The average molecular weight is 234 g/mol. The molecule has 0 aliphatic rings. The molecule has 0 saturated carbocycles. The van der Waals surface area contributed by atoms with Crippen molar-refractivity contribution in [1.29, 1.82) is 0 Å². The molecule has 0 aliphatic heterocycles. The second-order valence-corrected chi connectivity index (χ2v) is 4.58. The molecular formula is C14H22N2O. The number of amides is 1. The summed E-state index contributed by atoms with van der Waals surface area (Å²) in [6, 6.07) is 4.11. The van der Waals surface area contributed by atoms with Gasteiger partial charge in [-0.15, -0.1) is 0 Å². The van der Waals surface area contributed by atoms with Crippen molar-refractivity contribution >= 4 is 11.6 Å². The summed E-state index contributed by atoms with van der Waals surface area (Å²) in [5.74, 6) is -0.0858. The Kier molecular flexibility index (Phi) is 4.70. The van der Waals surface area contributed by atoms with Crippen LogP contribution in [0.2, 0.25) is 0 Å². The van der Waals surface area contributed by atoms with E-state index < -0.39 is 0 Å². The fourth-order valence-corrected chi connectivity index (χ4v) is 1.79. The van der Waals surface area contributed by atoms with Gasteiger partial charge in [0.05, 0.1) is 5.92 Å². The summed E-state index contributed by atoms with van der Waals surface area (Å²) in [5, 5.41) is 2.96. The standard InChI is InChI=1S/C14H22N2O/c1-5-12(8-15)14(17)16-13-7-10(3)9(2)6-11(13)4/h6-7,12H,5,8,15H2,1-4H3,(H,16,17). The number of aryl methyl sites for hydroxylation is 3. The van der Waals surface area contributed by atoms with E-state index in [4.69, 9.17) is 5.73 Å². The second-order valence-electron chi connectivity index (χ2n) is 4.58. The molecule has 94 valence electrons. The number of nitrogens with two attached hydrogens (primary N) is 1. The van der Waals surface area contributed by atoms with Crippen molar-refractivity contribution in [1.82, 2.24) is 0 Å². The Bertz CT molecular complexity index is 409. The molecule has 0 saturated heterocycles. The number of carbonyl (C=O) groups excluding carboxylic acids is 1. The van der Waals surface area contributed by atoms with Crippen LogP contribution in [0.1, 0.15) is 30.0 Å². The first kappa shape index (κ1) is 13.7. The molecule has 1 aromatic carbocycles. The first-order valence-corrected chi connectivity index (χ1v) is 6.08. The second kappa shape index (κ2) is 5.82. The highest BCUT2D eigenvalue weighted by molar-refractivity contribution is 5.93. The van der Waals surface area contributed by atoms with Gasteiger partial charge in [-0.05, 0) is 49.9 Å². The Morgan fingerprint density at radius 3 is 2.35 bits per heavy atom. The van der Waals surface area contributed by atoms with Crippen LogP contribution in [0.15, 0.2) is 12.1 Å². The van der Waals surface area contributed by atoms with Gasteiger partial charge in [-0.1, -0.05) is 13.0 Å². The summed E-state index contributed by atoms with van der Waals surface area (Å²) >= 11 is 0. The molecule has 1 atom stereocenters. The number of anilines is 1. The minimum Gasteiger partial charge on any atom is -0.330 e. The molecule has 0 aromatic heterocycles. The lowest BCUT2D eigenvalue weighted by Gasteiger charge is -2.15. The van der Waals surface area contributed by atoms with E-state index in [1.165, 1.54) is 11.1 Å². The van der Waals surface area contributed by atoms with Crippen LogP contribution in [-0.4, -0.2) is 12.5 Å². The molecule has 0 fully saturated rings. The highest BCUT2D eigenvalue weighted by Gasteiger charge is 2.15. The van der Waals surface area contributed by atoms with Crippen molar-refractivity contribution in [2.24, 2.45) is 11.7 Å². The fraction of sp³-hybridized carbons (Fsp3) is 0.500. The summed E-state index contributed by atoms with van der Waals surface area (Å²) in [7, 11) is 0. The lowest BCUT2D eigenvalue weighted by atomic mass is 10.0. The van der Waals surface area contributed by atoms with E-state index >= 15 is 0 Å². The topological polar surface area (TPSA) is 55.1 Å². The van der Waals surface area contributed by atoms with Crippen LogP contribution in [0.3, 0.4) is 0 Å². The molecule has 1 amide bonds. The van der Waals surface area contributed by atoms with Gasteiger partial charge in [0.1, 0.15) is 0 Å². The molecule has 3 N–H and O–H groups in total. The molecule has 3 heteroatoms. The van der Waals surface area contributed by atoms with Gasteiger partial charge in [0.25, 0.3) is 0 Å². The normalized spacial score (nSPS) is 12.3. The lowest BCUT2D eigenvalue weighted by molar-refractivity contribution is -0.119. The molecule has 1 rings (SSSR count). The van der Waals surface area contributed by atoms with Crippen molar-refractivity contribution < 1.29 is 4.79 Å². The monoisotopic (exact) mass is 234 g/mol. The van der Waals surface area contributed by atoms with Crippen LogP contribution < -0.4 is 11.1 Å². The van der Waals surface area contributed by atoms with Crippen molar-refractivity contribution in [2.75, 3.05) is 11.9 Å². The number of nitrogens with one attached hydrogen (secondary N) is 1. The third-order valence-electron chi connectivity index (χ3n) is 3.25. The van der Waals surface area contributed by atoms with Crippen molar-refractivity contribution in [3.05, 3.63) is 28.8 Å². The maximum atomic E-state index is 11.9. The Balaban J connectivity index is 2.88. The lowest BCUT2D eigenvalue weighted by Crippen LogP contribution is -2.28. The van der Waals surface area contributed by atoms with Gasteiger partial charge in [-0.3, -0.25) is 4.79 Å². The van der Waals surface area contributed by atoms with Crippen LogP contribution >= 0.6 is 0 Å². The summed E-state index contributed by atoms with van der Waals surface area (Å²) < 4.78 is 0. The summed E-state index contributed by atoms with van der Waals surface area (Å²) in [6.45, 7) is 8.50. The highest BCUT2D eigenvalue weighted by Crippen LogP contribution is 2.20. The SMILES string of the molecule is CCC(CN)C(=O)Nc1cc(C)c(C)cc1C. The molecule has 0 aliphatic carbocycles. The predicted octanol–water partition coefficient (Wildman–Crippen LogP) is 2.54. The minimum atomic E-state index is -0.101. The predicted molar refractivity (Wildman–Crippen MR) is 72.1 cm³/mol. The Morgan fingerprint density at radius 1 is 1.24 bits per heavy atom. The van der Waals surface area contributed by atoms with E-state index in [1.807, 2.05) is 26.8 Å². The van der Waals surface area contributed by atoms with E-state index in [9.17, 15) is 4.79 Å². The highest BCUT2D eigenvalue weighted by atomic mass is 16.1. The molecular weight excluding hydrogens is 212 g/mol. The smallest absolute Gasteiger partial charge is 0.228 e. The van der Waals surface area contributed by atoms with Gasteiger partial charge in [-0.2, -0.15) is 0 Å². The third-order valence-corrected chi connectivity index (χ3v) is 3.25. The Labute approximate surface area is 103 Å². The van der Waals surface area contributed by atoms with Crippen LogP contribution in [-0.2, 0) is 4.79 Å². The van der Waals surface area contributed by atoms with Gasteiger partial charge in [0.15, 0.2) is 0 Å². The molecule has 3 nitrogen and oxygen atoms in total. The van der Waals surface area contributed by atoms with E-state index in [2.05, 4.69) is 18.3 Å². The molecule has 0 radical (unpaired) electrons. The van der Waals surface area contributed by atoms with Gasteiger partial charge < -0.3 is 11.1 Å². The quantitative estimate of drug-likeness (QED) is 0.841.